The summed E-state index contributed by atoms with van der Waals surface area (Å²) in [5.74, 6) is 0. The largest absolute Gasteiger partial charge is 0.456 e. The molecule has 20 rings (SSSR count). The Morgan fingerprint density at radius 2 is 0.682 bits per heavy atom. The standard InChI is InChI=1S/5C19H17N2O/c1-12-4-5-17(21(3)11-12)14-9-15-16-10-20-7-6-18(16)22-19(15)8-13(14)2;1-12-4-5-17(21(3)11-12)15-9-16-14-6-7-20-10-19(14)22-18(16)8-13(15)2;1-12-6-7-16(21(3)11-12)14-10-15-18(9-13(14)2)22-17-5-4-8-20-19(15)17;1-12-6-7-17(21(3)11-12)15-10-16-14-5-4-8-20-19(14)22-18(16)9-13(15)2;1-12-8-9-15(21(3)11-12)18-13(2)10-17-19(20-18)14-6-4-5-7-16(14)22-17/h5*4-11H,1-3H3/q5*+1/i5*1D3. The van der Waals surface area contributed by atoms with E-state index < -0.39 is 34.3 Å². The molecule has 0 atom stereocenters. The quantitative estimate of drug-likeness (QED) is 0.152. The fourth-order valence-corrected chi connectivity index (χ4v) is 14.5. The Kier molecular flexibility index (Phi) is 14.5. The number of pyridine rings is 10. The summed E-state index contributed by atoms with van der Waals surface area (Å²) in [4.78, 5) is 21.8. The van der Waals surface area contributed by atoms with Crippen molar-refractivity contribution in [3.8, 4) is 56.4 Å². The summed E-state index contributed by atoms with van der Waals surface area (Å²) in [7, 11) is 9.29. The molecular weight excluding hydrogens is 1360 g/mol. The Morgan fingerprint density at radius 1 is 0.282 bits per heavy atom. The minimum Gasteiger partial charge on any atom is -0.456 e. The number of nitrogens with zero attached hydrogens (tertiary/aromatic N) is 10. The molecule has 0 aliphatic carbocycles. The van der Waals surface area contributed by atoms with Crippen molar-refractivity contribution in [1.82, 2.24) is 24.9 Å². The van der Waals surface area contributed by atoms with Crippen LogP contribution in [0.1, 0.15) is 76.2 Å². The van der Waals surface area contributed by atoms with Gasteiger partial charge >= 0.3 is 0 Å². The first-order chi connectivity index (χ1) is 59.2. The maximum absolute atomic E-state index is 7.57. The van der Waals surface area contributed by atoms with E-state index in [2.05, 4.69) is 44.2 Å². The van der Waals surface area contributed by atoms with E-state index in [1.165, 1.54) is 0 Å². The molecule has 0 saturated heterocycles. The van der Waals surface area contributed by atoms with Crippen molar-refractivity contribution in [1.29, 1.82) is 0 Å². The second kappa shape index (κ2) is 29.1. The van der Waals surface area contributed by atoms with E-state index in [0.717, 1.165) is 189 Å². The van der Waals surface area contributed by atoms with Gasteiger partial charge in [-0.15, -0.1) is 0 Å². The fourth-order valence-electron chi connectivity index (χ4n) is 14.5. The first kappa shape index (κ1) is 55.1. The molecule has 0 aliphatic rings. The van der Waals surface area contributed by atoms with Crippen LogP contribution in [0.4, 0.5) is 0 Å². The topological polar surface area (TPSA) is 150 Å². The predicted octanol–water partition coefficient (Wildman–Crippen LogP) is 20.4. The summed E-state index contributed by atoms with van der Waals surface area (Å²) in [6, 6.07) is 55.2. The van der Waals surface area contributed by atoms with Gasteiger partial charge in [-0.25, -0.2) is 28.2 Å². The Hall–Kier alpha value is -13.4. The van der Waals surface area contributed by atoms with Crippen LogP contribution >= 0.6 is 0 Å². The van der Waals surface area contributed by atoms with Gasteiger partial charge in [0.2, 0.25) is 34.2 Å². The van der Waals surface area contributed by atoms with Gasteiger partial charge in [0.1, 0.15) is 85.5 Å². The molecule has 0 saturated carbocycles. The SMILES string of the molecule is [2H]C([2H])([2H])c1ccc(-c2cc3c(cc2C)oc2cccnc23)[n+](C)c1.[2H]C([2H])([2H])c1ccc(-c2cc3c(cc2C)oc2ccncc23)[n+](C)c1.[2H]C([2H])([2H])c1ccc(-c2cc3c(cc2C)oc2cnccc23)[n+](C)c1.[2H]C([2H])([2H])c1ccc(-c2cc3c(cc2C)oc2ncccc23)[n+](C)c1.[2H]C([2H])([2H])c1ccc(-c2nc3c(cc2C)oc2ccccc23)[n+](C)c1. The maximum atomic E-state index is 7.57. The van der Waals surface area contributed by atoms with E-state index in [0.29, 0.717) is 33.5 Å². The van der Waals surface area contributed by atoms with E-state index in [9.17, 15) is 0 Å². The van der Waals surface area contributed by atoms with Crippen LogP contribution in [0.5, 0.6) is 0 Å². The van der Waals surface area contributed by atoms with Crippen LogP contribution in [0.3, 0.4) is 0 Å². The highest BCUT2D eigenvalue weighted by Gasteiger charge is 2.24. The van der Waals surface area contributed by atoms with Crippen molar-refractivity contribution in [3.63, 3.8) is 0 Å². The van der Waals surface area contributed by atoms with Crippen molar-refractivity contribution in [3.05, 3.63) is 300 Å². The van der Waals surface area contributed by atoms with Crippen molar-refractivity contribution < 1.29 is 65.5 Å². The van der Waals surface area contributed by atoms with Crippen molar-refractivity contribution in [2.45, 2.75) is 68.9 Å². The van der Waals surface area contributed by atoms with E-state index in [4.69, 9.17) is 47.6 Å². The Morgan fingerprint density at radius 3 is 1.23 bits per heavy atom. The van der Waals surface area contributed by atoms with Gasteiger partial charge in [-0.05, 0) is 230 Å². The van der Waals surface area contributed by atoms with Crippen LogP contribution in [0, 0.1) is 68.9 Å². The van der Waals surface area contributed by atoms with Crippen molar-refractivity contribution >= 4 is 110 Å². The van der Waals surface area contributed by atoms with Crippen molar-refractivity contribution in [2.75, 3.05) is 0 Å². The van der Waals surface area contributed by atoms with Gasteiger partial charge in [0.05, 0.1) is 6.20 Å². The molecule has 0 spiro atoms. The van der Waals surface area contributed by atoms with Crippen LogP contribution in [0.2, 0.25) is 0 Å². The maximum Gasteiger partial charge on any atom is 0.231 e. The smallest absolute Gasteiger partial charge is 0.231 e. The average molecular weight is 1460 g/mol. The number of fused-ring (bicyclic) bond motifs is 15. The molecule has 15 heterocycles. The second-order valence-electron chi connectivity index (χ2n) is 27.7. The summed E-state index contributed by atoms with van der Waals surface area (Å²) in [6.07, 6.45) is 18.8. The summed E-state index contributed by atoms with van der Waals surface area (Å²) < 4.78 is 152. The zero-order valence-corrected chi connectivity index (χ0v) is 62.1. The first-order valence-corrected chi connectivity index (χ1v) is 35.6. The minimum atomic E-state index is -2.12. The lowest BCUT2D eigenvalue weighted by atomic mass is 10.0. The minimum absolute atomic E-state index is 0.311. The van der Waals surface area contributed by atoms with Crippen LogP contribution in [0.15, 0.2) is 266 Å². The highest BCUT2D eigenvalue weighted by Crippen LogP contribution is 2.39. The Balaban J connectivity index is 0.000000115. The number of aromatic nitrogens is 10. The highest BCUT2D eigenvalue weighted by atomic mass is 16.3. The third kappa shape index (κ3) is 13.6. The zero-order chi connectivity index (χ0) is 88.8. The molecule has 15 nitrogen and oxygen atoms in total. The molecular formula is C95H85N10O5+5. The summed E-state index contributed by atoms with van der Waals surface area (Å²) in [6.45, 7) is -0.488. The van der Waals surface area contributed by atoms with Crippen LogP contribution in [-0.4, -0.2) is 24.9 Å². The van der Waals surface area contributed by atoms with Gasteiger partial charge < -0.3 is 22.1 Å². The average Bonchev–Trinajstić information content (AvgIpc) is 1.63. The first-order valence-electron chi connectivity index (χ1n) is 43.1. The molecule has 0 radical (unpaired) electrons. The fraction of sp³-hybridized carbons (Fsp3) is 0.158. The number of furan rings is 5. The normalized spacial score (nSPS) is 14.0. The van der Waals surface area contributed by atoms with E-state index in [1.54, 1.807) is 98.5 Å². The van der Waals surface area contributed by atoms with E-state index in [1.807, 2.05) is 214 Å². The number of hydrogen-bond acceptors (Lipinski definition) is 10. The molecule has 5 aromatic carbocycles. The summed E-state index contributed by atoms with van der Waals surface area (Å²) in [5.41, 5.74) is 25.9. The molecule has 15 heteroatoms. The molecule has 540 valence electrons. The van der Waals surface area contributed by atoms with E-state index >= 15 is 0 Å². The molecule has 0 amide bonds. The van der Waals surface area contributed by atoms with E-state index in [-0.39, 0.29) is 0 Å². The summed E-state index contributed by atoms with van der Waals surface area (Å²) in [5, 5.41) is 7.93. The predicted molar refractivity (Wildman–Crippen MR) is 438 cm³/mol. The zero-order valence-electron chi connectivity index (χ0n) is 77.1. The van der Waals surface area contributed by atoms with Gasteiger partial charge in [0, 0.05) is 175 Å². The van der Waals surface area contributed by atoms with Crippen molar-refractivity contribution in [2.24, 2.45) is 35.2 Å². The number of benzene rings is 5. The molecule has 0 N–H and O–H groups in total. The number of hydrogen-bond donors (Lipinski definition) is 0. The van der Waals surface area contributed by atoms with Crippen LogP contribution in [-0.2, 0) is 35.2 Å². The molecule has 110 heavy (non-hydrogen) atoms. The molecule has 0 unspecified atom stereocenters. The molecule has 0 bridgehead atoms. The molecule has 15 aromatic heterocycles. The molecule has 20 aromatic rings. The molecule has 0 aliphatic heterocycles. The van der Waals surface area contributed by atoms with Gasteiger partial charge in [-0.1, -0.05) is 12.1 Å². The summed E-state index contributed by atoms with van der Waals surface area (Å²) >= 11 is 0. The number of para-hydroxylation sites is 1. The van der Waals surface area contributed by atoms with Gasteiger partial charge in [0.15, 0.2) is 47.7 Å². The lowest BCUT2D eigenvalue weighted by Crippen LogP contribution is -2.31. The highest BCUT2D eigenvalue weighted by molar-refractivity contribution is 6.09. The van der Waals surface area contributed by atoms with Gasteiger partial charge in [-0.3, -0.25) is 15.0 Å². The van der Waals surface area contributed by atoms with Gasteiger partial charge in [0.25, 0.3) is 0 Å². The van der Waals surface area contributed by atoms with Gasteiger partial charge in [-0.2, -0.15) is 4.57 Å². The Bertz CT molecular complexity index is 6610. The lowest BCUT2D eigenvalue weighted by Gasteiger charge is -2.05. The number of aryl methyl sites for hydroxylation is 15. The third-order valence-electron chi connectivity index (χ3n) is 20.0. The Labute approximate surface area is 658 Å². The number of rotatable bonds is 5. The third-order valence-corrected chi connectivity index (χ3v) is 20.0. The van der Waals surface area contributed by atoms with Crippen LogP contribution < -0.4 is 22.8 Å². The monoisotopic (exact) mass is 1460 g/mol. The van der Waals surface area contributed by atoms with Crippen LogP contribution in [0.25, 0.3) is 167 Å². The second-order valence-corrected chi connectivity index (χ2v) is 27.7. The lowest BCUT2D eigenvalue weighted by molar-refractivity contribution is -0.661. The molecule has 0 fully saturated rings.